The molecule has 1 aromatic carbocycles. The van der Waals surface area contributed by atoms with Crippen molar-refractivity contribution in [2.45, 2.75) is 19.9 Å². The van der Waals surface area contributed by atoms with Crippen LogP contribution >= 0.6 is 22.9 Å². The van der Waals surface area contributed by atoms with Crippen molar-refractivity contribution >= 4 is 34.3 Å². The van der Waals surface area contributed by atoms with Gasteiger partial charge < -0.3 is 10.2 Å². The van der Waals surface area contributed by atoms with Gasteiger partial charge in [0.15, 0.2) is 0 Å². The maximum atomic E-state index is 6.27. The predicted molar refractivity (Wildman–Crippen MR) is 84.7 cm³/mol. The van der Waals surface area contributed by atoms with Gasteiger partial charge in [0, 0.05) is 24.7 Å². The lowest BCUT2D eigenvalue weighted by Gasteiger charge is -2.18. The molecule has 0 fully saturated rings. The van der Waals surface area contributed by atoms with Gasteiger partial charge in [-0.3, -0.25) is 0 Å². The van der Waals surface area contributed by atoms with Crippen molar-refractivity contribution in [3.05, 3.63) is 39.3 Å². The fraction of sp³-hybridized carbons (Fsp3) is 0.357. The monoisotopic (exact) mass is 295 g/mol. The van der Waals surface area contributed by atoms with E-state index in [4.69, 9.17) is 11.6 Å². The molecule has 1 unspecified atom stereocenters. The van der Waals surface area contributed by atoms with Crippen molar-refractivity contribution < 1.29 is 0 Å². The van der Waals surface area contributed by atoms with E-state index in [9.17, 15) is 0 Å². The molecule has 102 valence electrons. The summed E-state index contributed by atoms with van der Waals surface area (Å²) in [4.78, 5) is 7.54. The lowest BCUT2D eigenvalue weighted by atomic mass is 10.2. The van der Waals surface area contributed by atoms with E-state index >= 15 is 0 Å². The van der Waals surface area contributed by atoms with Crippen LogP contribution in [0.5, 0.6) is 0 Å². The molecule has 19 heavy (non-hydrogen) atoms. The van der Waals surface area contributed by atoms with Crippen LogP contribution in [0.25, 0.3) is 0 Å². The molecule has 0 saturated carbocycles. The van der Waals surface area contributed by atoms with Crippen molar-refractivity contribution in [1.29, 1.82) is 0 Å². The highest BCUT2D eigenvalue weighted by molar-refractivity contribution is 7.09. The highest BCUT2D eigenvalue weighted by atomic mass is 35.5. The van der Waals surface area contributed by atoms with E-state index in [1.165, 1.54) is 4.88 Å². The number of nitrogens with one attached hydrogen (secondary N) is 1. The standard InChI is InChI=1S/C14H18ClN3S/c1-9-14(19-8-16-9)10(2)17-11-5-6-13(18(3)4)12(15)7-11/h5-8,10,17H,1-4H3. The summed E-state index contributed by atoms with van der Waals surface area (Å²) >= 11 is 7.95. The minimum absolute atomic E-state index is 0.230. The fourth-order valence-corrected chi connectivity index (χ4v) is 3.16. The molecular weight excluding hydrogens is 278 g/mol. The van der Waals surface area contributed by atoms with Crippen LogP contribution < -0.4 is 10.2 Å². The first-order valence-corrected chi connectivity index (χ1v) is 7.38. The van der Waals surface area contributed by atoms with Crippen LogP contribution in [0.2, 0.25) is 5.02 Å². The van der Waals surface area contributed by atoms with Gasteiger partial charge in [-0.2, -0.15) is 0 Å². The van der Waals surface area contributed by atoms with E-state index in [0.717, 1.165) is 22.1 Å². The molecule has 1 N–H and O–H groups in total. The average Bonchev–Trinajstić information content (AvgIpc) is 2.75. The first kappa shape index (κ1) is 14.2. The molecule has 0 aliphatic carbocycles. The lowest BCUT2D eigenvalue weighted by Crippen LogP contribution is -2.10. The largest absolute Gasteiger partial charge is 0.378 e. The zero-order chi connectivity index (χ0) is 14.0. The molecule has 3 nitrogen and oxygen atoms in total. The molecule has 1 aromatic heterocycles. The summed E-state index contributed by atoms with van der Waals surface area (Å²) in [5, 5.41) is 4.21. The summed E-state index contributed by atoms with van der Waals surface area (Å²) in [6, 6.07) is 6.27. The van der Waals surface area contributed by atoms with Crippen LogP contribution in [0.1, 0.15) is 23.5 Å². The quantitative estimate of drug-likeness (QED) is 0.909. The van der Waals surface area contributed by atoms with E-state index in [2.05, 4.69) is 17.2 Å². The maximum absolute atomic E-state index is 6.27. The molecule has 1 heterocycles. The zero-order valence-electron chi connectivity index (χ0n) is 11.6. The van der Waals surface area contributed by atoms with Crippen LogP contribution in [-0.2, 0) is 0 Å². The fourth-order valence-electron chi connectivity index (χ4n) is 2.00. The van der Waals surface area contributed by atoms with E-state index in [-0.39, 0.29) is 6.04 Å². The Morgan fingerprint density at radius 3 is 2.63 bits per heavy atom. The van der Waals surface area contributed by atoms with Gasteiger partial charge in [-0.05, 0) is 32.0 Å². The molecule has 1 atom stereocenters. The number of anilines is 2. The third-order valence-electron chi connectivity index (χ3n) is 2.99. The minimum atomic E-state index is 0.230. The van der Waals surface area contributed by atoms with Gasteiger partial charge in [-0.1, -0.05) is 11.6 Å². The van der Waals surface area contributed by atoms with Gasteiger partial charge in [0.2, 0.25) is 0 Å². The van der Waals surface area contributed by atoms with E-state index in [0.29, 0.717) is 0 Å². The van der Waals surface area contributed by atoms with Crippen molar-refractivity contribution in [3.63, 3.8) is 0 Å². The number of aryl methyl sites for hydroxylation is 1. The van der Waals surface area contributed by atoms with Crippen LogP contribution in [0, 0.1) is 6.92 Å². The lowest BCUT2D eigenvalue weighted by molar-refractivity contribution is 0.890. The number of thiazole rings is 1. The Morgan fingerprint density at radius 1 is 1.37 bits per heavy atom. The summed E-state index contributed by atoms with van der Waals surface area (Å²) in [6.45, 7) is 4.17. The Kier molecular flexibility index (Phi) is 4.32. The van der Waals surface area contributed by atoms with Crippen molar-refractivity contribution in [2.75, 3.05) is 24.3 Å². The molecule has 0 bridgehead atoms. The van der Waals surface area contributed by atoms with Crippen LogP contribution in [0.15, 0.2) is 23.7 Å². The van der Waals surface area contributed by atoms with E-state index < -0.39 is 0 Å². The summed E-state index contributed by atoms with van der Waals surface area (Å²) in [6.07, 6.45) is 0. The second-order valence-corrected chi connectivity index (χ2v) is 6.02. The number of hydrogen-bond acceptors (Lipinski definition) is 4. The van der Waals surface area contributed by atoms with E-state index in [1.807, 2.05) is 49.6 Å². The van der Waals surface area contributed by atoms with Crippen LogP contribution in [-0.4, -0.2) is 19.1 Å². The summed E-state index contributed by atoms with van der Waals surface area (Å²) in [7, 11) is 3.97. The number of hydrogen-bond donors (Lipinski definition) is 1. The number of benzene rings is 1. The minimum Gasteiger partial charge on any atom is -0.378 e. The van der Waals surface area contributed by atoms with Crippen molar-refractivity contribution in [1.82, 2.24) is 4.98 Å². The molecular formula is C14H18ClN3S. The number of rotatable bonds is 4. The third kappa shape index (κ3) is 3.19. The highest BCUT2D eigenvalue weighted by Gasteiger charge is 2.11. The third-order valence-corrected chi connectivity index (χ3v) is 4.41. The topological polar surface area (TPSA) is 28.2 Å². The van der Waals surface area contributed by atoms with Crippen molar-refractivity contribution in [2.24, 2.45) is 0 Å². The molecule has 5 heteroatoms. The highest BCUT2D eigenvalue weighted by Crippen LogP contribution is 2.30. The Bertz CT molecular complexity index is 566. The average molecular weight is 296 g/mol. The summed E-state index contributed by atoms with van der Waals surface area (Å²) < 4.78 is 0. The van der Waals surface area contributed by atoms with Gasteiger partial charge in [0.1, 0.15) is 0 Å². The second-order valence-electron chi connectivity index (χ2n) is 4.73. The second kappa shape index (κ2) is 5.80. The van der Waals surface area contributed by atoms with Gasteiger partial charge >= 0.3 is 0 Å². The molecule has 2 rings (SSSR count). The van der Waals surface area contributed by atoms with Gasteiger partial charge in [-0.15, -0.1) is 11.3 Å². The first-order chi connectivity index (χ1) is 8.99. The molecule has 0 radical (unpaired) electrons. The maximum Gasteiger partial charge on any atom is 0.0798 e. The Balaban J connectivity index is 2.16. The van der Waals surface area contributed by atoms with Crippen molar-refractivity contribution in [3.8, 4) is 0 Å². The normalized spacial score (nSPS) is 12.3. The number of nitrogens with zero attached hydrogens (tertiary/aromatic N) is 2. The molecule has 0 spiro atoms. The Labute approximate surface area is 123 Å². The number of halogens is 1. The molecule has 0 amide bonds. The molecule has 0 aliphatic rings. The predicted octanol–water partition coefficient (Wildman–Crippen LogP) is 4.34. The van der Waals surface area contributed by atoms with Gasteiger partial charge in [0.05, 0.1) is 28.0 Å². The number of aromatic nitrogens is 1. The van der Waals surface area contributed by atoms with Gasteiger partial charge in [-0.25, -0.2) is 4.98 Å². The SMILES string of the molecule is Cc1ncsc1C(C)Nc1ccc(N(C)C)c(Cl)c1. The van der Waals surface area contributed by atoms with E-state index in [1.54, 1.807) is 11.3 Å². The Morgan fingerprint density at radius 2 is 2.11 bits per heavy atom. The zero-order valence-corrected chi connectivity index (χ0v) is 13.1. The van der Waals surface area contributed by atoms with Gasteiger partial charge in [0.25, 0.3) is 0 Å². The first-order valence-electron chi connectivity index (χ1n) is 6.12. The molecule has 0 aliphatic heterocycles. The van der Waals surface area contributed by atoms with Crippen LogP contribution in [0.4, 0.5) is 11.4 Å². The summed E-state index contributed by atoms with van der Waals surface area (Å²) in [5.74, 6) is 0. The molecule has 2 aromatic rings. The Hall–Kier alpha value is -1.26. The van der Waals surface area contributed by atoms with Crippen LogP contribution in [0.3, 0.4) is 0 Å². The smallest absolute Gasteiger partial charge is 0.0798 e. The molecule has 0 saturated heterocycles. The summed E-state index contributed by atoms with van der Waals surface area (Å²) in [5.41, 5.74) is 5.01.